The molecule has 172 valence electrons. The molecule has 6 heteroatoms. The fourth-order valence-electron chi connectivity index (χ4n) is 5.11. The SMILES string of the molecule is Cc1cc(C)cc(-n2c(C)cc([C@@H]3[C@H](c4ccccn4)NC(=S)N3c3ccc(Cl)cc3)c2C)c1. The van der Waals surface area contributed by atoms with E-state index in [2.05, 4.69) is 77.8 Å². The third kappa shape index (κ3) is 3.99. The molecular formula is C28H27ClN4S. The molecule has 0 bridgehead atoms. The molecule has 0 aliphatic carbocycles. The van der Waals surface area contributed by atoms with Gasteiger partial charge in [0.05, 0.1) is 17.8 Å². The number of pyridine rings is 1. The summed E-state index contributed by atoms with van der Waals surface area (Å²) in [7, 11) is 0. The van der Waals surface area contributed by atoms with Crippen molar-refractivity contribution in [3.05, 3.63) is 112 Å². The summed E-state index contributed by atoms with van der Waals surface area (Å²) in [5.74, 6) is 0. The number of nitrogens with zero attached hydrogens (tertiary/aromatic N) is 3. The Morgan fingerprint density at radius 2 is 1.59 bits per heavy atom. The highest BCUT2D eigenvalue weighted by molar-refractivity contribution is 7.80. The van der Waals surface area contributed by atoms with Gasteiger partial charge in [-0.3, -0.25) is 4.98 Å². The summed E-state index contributed by atoms with van der Waals surface area (Å²) >= 11 is 12.1. The van der Waals surface area contributed by atoms with E-state index in [1.165, 1.54) is 33.8 Å². The second-order valence-electron chi connectivity index (χ2n) is 8.98. The molecule has 1 fully saturated rings. The van der Waals surface area contributed by atoms with Gasteiger partial charge in [0.2, 0.25) is 0 Å². The van der Waals surface area contributed by atoms with Crippen LogP contribution in [0.4, 0.5) is 5.69 Å². The molecule has 1 N–H and O–H groups in total. The first kappa shape index (κ1) is 22.6. The fraction of sp³-hybridized carbons (Fsp3) is 0.214. The van der Waals surface area contributed by atoms with Crippen LogP contribution in [0.5, 0.6) is 0 Å². The Labute approximate surface area is 211 Å². The largest absolute Gasteiger partial charge is 0.351 e. The van der Waals surface area contributed by atoms with Crippen molar-refractivity contribution >= 4 is 34.6 Å². The Morgan fingerprint density at radius 3 is 2.24 bits per heavy atom. The average Bonchev–Trinajstić information content (AvgIpc) is 3.29. The summed E-state index contributed by atoms with van der Waals surface area (Å²) in [4.78, 5) is 6.87. The van der Waals surface area contributed by atoms with Gasteiger partial charge in [0.25, 0.3) is 0 Å². The van der Waals surface area contributed by atoms with Crippen LogP contribution >= 0.6 is 23.8 Å². The molecule has 1 aliphatic heterocycles. The molecule has 0 amide bonds. The highest BCUT2D eigenvalue weighted by Gasteiger charge is 2.42. The maximum absolute atomic E-state index is 6.20. The number of aromatic nitrogens is 2. The number of hydrogen-bond acceptors (Lipinski definition) is 2. The lowest BCUT2D eigenvalue weighted by Crippen LogP contribution is -2.29. The van der Waals surface area contributed by atoms with Gasteiger partial charge in [-0.05, 0) is 111 Å². The molecule has 0 unspecified atom stereocenters. The predicted octanol–water partition coefficient (Wildman–Crippen LogP) is 6.94. The predicted molar refractivity (Wildman–Crippen MR) is 144 cm³/mol. The van der Waals surface area contributed by atoms with Crippen LogP contribution in [0.1, 0.15) is 45.9 Å². The number of aryl methyl sites for hydroxylation is 3. The van der Waals surface area contributed by atoms with Crippen LogP contribution in [0.3, 0.4) is 0 Å². The van der Waals surface area contributed by atoms with Crippen molar-refractivity contribution in [3.63, 3.8) is 0 Å². The Morgan fingerprint density at radius 1 is 0.882 bits per heavy atom. The highest BCUT2D eigenvalue weighted by atomic mass is 35.5. The van der Waals surface area contributed by atoms with Gasteiger partial charge in [-0.15, -0.1) is 0 Å². The van der Waals surface area contributed by atoms with E-state index in [1.54, 1.807) is 0 Å². The Hall–Kier alpha value is -3.15. The molecule has 34 heavy (non-hydrogen) atoms. The van der Waals surface area contributed by atoms with Crippen LogP contribution in [0.25, 0.3) is 5.69 Å². The number of halogens is 1. The Kier molecular flexibility index (Phi) is 5.92. The number of nitrogens with one attached hydrogen (secondary N) is 1. The van der Waals surface area contributed by atoms with E-state index in [-0.39, 0.29) is 12.1 Å². The zero-order valence-corrected chi connectivity index (χ0v) is 21.3. The summed E-state index contributed by atoms with van der Waals surface area (Å²) < 4.78 is 2.34. The van der Waals surface area contributed by atoms with Crippen LogP contribution < -0.4 is 10.2 Å². The zero-order valence-electron chi connectivity index (χ0n) is 19.7. The summed E-state index contributed by atoms with van der Waals surface area (Å²) in [5, 5.41) is 4.93. The monoisotopic (exact) mass is 486 g/mol. The van der Waals surface area contributed by atoms with E-state index in [1.807, 2.05) is 42.6 Å². The third-order valence-corrected chi connectivity index (χ3v) is 7.02. The third-order valence-electron chi connectivity index (χ3n) is 6.46. The van der Waals surface area contributed by atoms with E-state index in [9.17, 15) is 0 Å². The van der Waals surface area contributed by atoms with Crippen molar-refractivity contribution in [3.8, 4) is 5.69 Å². The maximum Gasteiger partial charge on any atom is 0.174 e. The summed E-state index contributed by atoms with van der Waals surface area (Å²) in [6.07, 6.45) is 1.83. The molecule has 0 radical (unpaired) electrons. The minimum absolute atomic E-state index is 0.0607. The minimum Gasteiger partial charge on any atom is -0.351 e. The molecule has 0 saturated carbocycles. The van der Waals surface area contributed by atoms with Crippen molar-refractivity contribution in [2.75, 3.05) is 4.90 Å². The first-order valence-corrected chi connectivity index (χ1v) is 12.2. The van der Waals surface area contributed by atoms with Gasteiger partial charge in [0.1, 0.15) is 0 Å². The highest BCUT2D eigenvalue weighted by Crippen LogP contribution is 2.44. The molecular weight excluding hydrogens is 460 g/mol. The van der Waals surface area contributed by atoms with Crippen molar-refractivity contribution in [1.29, 1.82) is 0 Å². The number of hydrogen-bond donors (Lipinski definition) is 1. The number of anilines is 1. The molecule has 3 heterocycles. The van der Waals surface area contributed by atoms with Crippen molar-refractivity contribution in [1.82, 2.24) is 14.9 Å². The van der Waals surface area contributed by atoms with Gasteiger partial charge in [0, 0.05) is 34.0 Å². The van der Waals surface area contributed by atoms with Crippen LogP contribution in [-0.2, 0) is 0 Å². The quantitative estimate of drug-likeness (QED) is 0.317. The van der Waals surface area contributed by atoms with E-state index in [0.29, 0.717) is 10.1 Å². The molecule has 2 aromatic carbocycles. The van der Waals surface area contributed by atoms with Crippen LogP contribution in [0.15, 0.2) is 72.9 Å². The summed E-state index contributed by atoms with van der Waals surface area (Å²) in [6.45, 7) is 8.64. The first-order valence-electron chi connectivity index (χ1n) is 11.4. The summed E-state index contributed by atoms with van der Waals surface area (Å²) in [6, 6.07) is 22.7. The molecule has 1 saturated heterocycles. The second kappa shape index (κ2) is 8.90. The van der Waals surface area contributed by atoms with E-state index >= 15 is 0 Å². The number of thiocarbonyl (C=S) groups is 1. The number of benzene rings is 2. The van der Waals surface area contributed by atoms with Gasteiger partial charge in [0.15, 0.2) is 5.11 Å². The molecule has 4 nitrogen and oxygen atoms in total. The standard InChI is InChI=1S/C28H27ClN4S/c1-17-13-18(2)15-23(14-17)32-19(3)16-24(20(32)4)27-26(25-7-5-6-12-30-25)31-28(34)33(27)22-10-8-21(29)9-11-22/h5-16,26-27H,1-4H3,(H,31,34)/t26-,27+/m0/s1. The lowest BCUT2D eigenvalue weighted by molar-refractivity contribution is 0.565. The Balaban J connectivity index is 1.69. The van der Waals surface area contributed by atoms with Crippen LogP contribution in [-0.4, -0.2) is 14.7 Å². The van der Waals surface area contributed by atoms with E-state index in [4.69, 9.17) is 23.8 Å². The number of rotatable bonds is 4. The molecule has 0 spiro atoms. The average molecular weight is 487 g/mol. The van der Waals surface area contributed by atoms with Gasteiger partial charge in [-0.2, -0.15) is 0 Å². The molecule has 1 aliphatic rings. The van der Waals surface area contributed by atoms with Gasteiger partial charge < -0.3 is 14.8 Å². The van der Waals surface area contributed by atoms with Gasteiger partial charge in [-0.25, -0.2) is 0 Å². The fourth-order valence-corrected chi connectivity index (χ4v) is 5.59. The van der Waals surface area contributed by atoms with E-state index in [0.717, 1.165) is 11.4 Å². The molecule has 4 aromatic rings. The van der Waals surface area contributed by atoms with E-state index < -0.39 is 0 Å². The second-order valence-corrected chi connectivity index (χ2v) is 9.80. The Bertz CT molecular complexity index is 1340. The molecule has 2 aromatic heterocycles. The smallest absolute Gasteiger partial charge is 0.174 e. The first-order chi connectivity index (χ1) is 16.3. The zero-order chi connectivity index (χ0) is 24.0. The topological polar surface area (TPSA) is 33.1 Å². The maximum atomic E-state index is 6.20. The lowest BCUT2D eigenvalue weighted by atomic mass is 9.96. The van der Waals surface area contributed by atoms with Crippen molar-refractivity contribution < 1.29 is 0 Å². The van der Waals surface area contributed by atoms with Gasteiger partial charge >= 0.3 is 0 Å². The molecule has 5 rings (SSSR count). The van der Waals surface area contributed by atoms with Gasteiger partial charge in [-0.1, -0.05) is 23.7 Å². The van der Waals surface area contributed by atoms with Crippen molar-refractivity contribution in [2.45, 2.75) is 39.8 Å². The summed E-state index contributed by atoms with van der Waals surface area (Å²) in [5.41, 5.74) is 9.24. The lowest BCUT2D eigenvalue weighted by Gasteiger charge is -2.28. The van der Waals surface area contributed by atoms with Crippen LogP contribution in [0, 0.1) is 27.7 Å². The normalized spacial score (nSPS) is 17.8. The van der Waals surface area contributed by atoms with Crippen molar-refractivity contribution in [2.24, 2.45) is 0 Å². The van der Waals surface area contributed by atoms with Crippen LogP contribution in [0.2, 0.25) is 5.02 Å². The minimum atomic E-state index is -0.0856. The molecule has 2 atom stereocenters.